The molecule has 1 atom stereocenters. The van der Waals surface area contributed by atoms with E-state index >= 15 is 0 Å². The zero-order valence-electron chi connectivity index (χ0n) is 12.9. The molecular weight excluding hydrogens is 325 g/mol. The number of halogens is 1. The monoisotopic (exact) mass is 341 g/mol. The van der Waals surface area contributed by atoms with Gasteiger partial charge in [-0.15, -0.1) is 11.3 Å². The van der Waals surface area contributed by atoms with E-state index in [0.29, 0.717) is 6.54 Å². The maximum absolute atomic E-state index is 13.3. The zero-order chi connectivity index (χ0) is 16.5. The molecule has 1 N–H and O–H groups in total. The van der Waals surface area contributed by atoms with Gasteiger partial charge in [-0.1, -0.05) is 12.1 Å². The van der Waals surface area contributed by atoms with Gasteiger partial charge in [-0.2, -0.15) is 0 Å². The highest BCUT2D eigenvalue weighted by Gasteiger charge is 2.32. The van der Waals surface area contributed by atoms with Crippen LogP contribution in [-0.2, 0) is 6.54 Å². The summed E-state index contributed by atoms with van der Waals surface area (Å²) in [5, 5.41) is 5.69. The van der Waals surface area contributed by atoms with Crippen LogP contribution in [0.1, 0.15) is 17.3 Å². The summed E-state index contributed by atoms with van der Waals surface area (Å²) in [6, 6.07) is 13.8. The number of hydrogen-bond donors (Lipinski definition) is 1. The summed E-state index contributed by atoms with van der Waals surface area (Å²) in [6.45, 7) is 1.35. The quantitative estimate of drug-likeness (QED) is 0.740. The summed E-state index contributed by atoms with van der Waals surface area (Å²) in [7, 11) is 0. The largest absolute Gasteiger partial charge is 0.348 e. The molecule has 1 aliphatic rings. The highest BCUT2D eigenvalue weighted by atomic mass is 32.1. The number of hydrogen-bond acceptors (Lipinski definition) is 2. The van der Waals surface area contributed by atoms with Crippen LogP contribution >= 0.6 is 11.3 Å². The van der Waals surface area contributed by atoms with E-state index in [2.05, 4.69) is 9.88 Å². The van der Waals surface area contributed by atoms with Crippen molar-refractivity contribution in [1.82, 2.24) is 9.47 Å². The fraction of sp³-hybridized carbons (Fsp3) is 0.167. The van der Waals surface area contributed by atoms with Crippen molar-refractivity contribution in [2.45, 2.75) is 12.6 Å². The lowest BCUT2D eigenvalue weighted by atomic mass is 10.0. The van der Waals surface area contributed by atoms with Crippen LogP contribution in [-0.4, -0.2) is 22.0 Å². The molecule has 0 saturated carbocycles. The van der Waals surface area contributed by atoms with Gasteiger partial charge < -0.3 is 9.47 Å². The van der Waals surface area contributed by atoms with Crippen LogP contribution in [0.4, 0.5) is 14.2 Å². The van der Waals surface area contributed by atoms with Gasteiger partial charge in [0, 0.05) is 25.0 Å². The highest BCUT2D eigenvalue weighted by Crippen LogP contribution is 2.33. The van der Waals surface area contributed by atoms with Gasteiger partial charge in [0.25, 0.3) is 0 Å². The second-order valence-corrected chi connectivity index (χ2v) is 6.63. The molecule has 0 fully saturated rings. The van der Waals surface area contributed by atoms with Crippen molar-refractivity contribution in [3.63, 3.8) is 0 Å². The Balaban J connectivity index is 1.69. The second kappa shape index (κ2) is 6.13. The normalized spacial score (nSPS) is 16.7. The van der Waals surface area contributed by atoms with Crippen molar-refractivity contribution in [1.29, 1.82) is 0 Å². The van der Waals surface area contributed by atoms with Gasteiger partial charge in [0.1, 0.15) is 5.82 Å². The lowest BCUT2D eigenvalue weighted by Gasteiger charge is -2.37. The maximum atomic E-state index is 13.3. The number of anilines is 1. The maximum Gasteiger partial charge on any atom is 0.323 e. The lowest BCUT2D eigenvalue weighted by Crippen LogP contribution is -2.44. The molecule has 0 spiro atoms. The van der Waals surface area contributed by atoms with Crippen LogP contribution in [0, 0.1) is 5.82 Å². The van der Waals surface area contributed by atoms with Crippen molar-refractivity contribution in [3.8, 4) is 0 Å². The molecule has 0 bridgehead atoms. The van der Waals surface area contributed by atoms with Crippen LogP contribution in [0.3, 0.4) is 0 Å². The molecule has 2 amide bonds. The number of aromatic nitrogens is 1. The van der Waals surface area contributed by atoms with E-state index in [4.69, 9.17) is 0 Å². The SMILES string of the molecule is O=C(Nc1cccs1)N1CCn2cccc2C1c1ccc(F)cc1. The van der Waals surface area contributed by atoms with Gasteiger partial charge in [-0.25, -0.2) is 9.18 Å². The number of nitrogens with zero attached hydrogens (tertiary/aromatic N) is 2. The number of amides is 2. The Morgan fingerprint density at radius 3 is 2.71 bits per heavy atom. The first-order chi connectivity index (χ1) is 11.7. The third-order valence-electron chi connectivity index (χ3n) is 4.24. The standard InChI is InChI=1S/C18H16FN3OS/c19-14-7-5-13(6-8-14)17-15-3-1-9-21(15)10-11-22(17)18(23)20-16-4-2-12-24-16/h1-9,12,17H,10-11H2,(H,20,23). The summed E-state index contributed by atoms with van der Waals surface area (Å²) in [5.41, 5.74) is 1.94. The molecule has 2 aromatic heterocycles. The van der Waals surface area contributed by atoms with E-state index in [1.54, 1.807) is 12.1 Å². The number of thiophene rings is 1. The van der Waals surface area contributed by atoms with Crippen LogP contribution in [0.15, 0.2) is 60.1 Å². The van der Waals surface area contributed by atoms with Crippen molar-refractivity contribution in [2.75, 3.05) is 11.9 Å². The minimum atomic E-state index is -0.278. The van der Waals surface area contributed by atoms with E-state index in [9.17, 15) is 9.18 Å². The second-order valence-electron chi connectivity index (χ2n) is 5.68. The third kappa shape index (κ3) is 2.69. The smallest absolute Gasteiger partial charge is 0.323 e. The molecule has 0 radical (unpaired) electrons. The summed E-state index contributed by atoms with van der Waals surface area (Å²) in [4.78, 5) is 14.6. The molecule has 4 rings (SSSR count). The van der Waals surface area contributed by atoms with Crippen molar-refractivity contribution < 1.29 is 9.18 Å². The Hall–Kier alpha value is -2.60. The van der Waals surface area contributed by atoms with E-state index < -0.39 is 0 Å². The number of carbonyl (C=O) groups excluding carboxylic acids is 1. The summed E-state index contributed by atoms with van der Waals surface area (Å²) < 4.78 is 15.4. The van der Waals surface area contributed by atoms with Gasteiger partial charge in [0.05, 0.1) is 11.0 Å². The number of nitrogens with one attached hydrogen (secondary N) is 1. The first-order valence-corrected chi connectivity index (χ1v) is 8.62. The molecule has 24 heavy (non-hydrogen) atoms. The molecule has 1 unspecified atom stereocenters. The first kappa shape index (κ1) is 15.0. The van der Waals surface area contributed by atoms with Crippen LogP contribution in [0.5, 0.6) is 0 Å². The molecule has 122 valence electrons. The van der Waals surface area contributed by atoms with Gasteiger partial charge in [-0.05, 0) is 47.3 Å². The highest BCUT2D eigenvalue weighted by molar-refractivity contribution is 7.14. The average molecular weight is 341 g/mol. The molecule has 0 saturated heterocycles. The van der Waals surface area contributed by atoms with Crippen LogP contribution in [0.2, 0.25) is 0 Å². The fourth-order valence-corrected chi connectivity index (χ4v) is 3.73. The lowest BCUT2D eigenvalue weighted by molar-refractivity contribution is 0.182. The molecule has 6 heteroatoms. The molecule has 3 heterocycles. The Morgan fingerprint density at radius 1 is 1.12 bits per heavy atom. The van der Waals surface area contributed by atoms with Gasteiger partial charge in [0.15, 0.2) is 0 Å². The van der Waals surface area contributed by atoms with Crippen molar-refractivity contribution in [3.05, 3.63) is 77.2 Å². The Labute approximate surface area is 143 Å². The van der Waals surface area contributed by atoms with E-state index in [1.807, 2.05) is 40.7 Å². The number of fused-ring (bicyclic) bond motifs is 1. The summed E-state index contributed by atoms with van der Waals surface area (Å²) >= 11 is 1.49. The van der Waals surface area contributed by atoms with Crippen LogP contribution in [0.25, 0.3) is 0 Å². The van der Waals surface area contributed by atoms with Gasteiger partial charge in [-0.3, -0.25) is 5.32 Å². The minimum absolute atomic E-state index is 0.140. The Kier molecular flexibility index (Phi) is 3.82. The average Bonchev–Trinajstić information content (AvgIpc) is 3.25. The molecule has 0 aliphatic carbocycles. The van der Waals surface area contributed by atoms with E-state index in [1.165, 1.54) is 23.5 Å². The first-order valence-electron chi connectivity index (χ1n) is 7.74. The zero-order valence-corrected chi connectivity index (χ0v) is 13.7. The summed E-state index contributed by atoms with van der Waals surface area (Å²) in [5.74, 6) is -0.278. The number of carbonyl (C=O) groups is 1. The topological polar surface area (TPSA) is 37.3 Å². The molecular formula is C18H16FN3OS. The number of benzene rings is 1. The fourth-order valence-electron chi connectivity index (χ4n) is 3.12. The minimum Gasteiger partial charge on any atom is -0.348 e. The van der Waals surface area contributed by atoms with E-state index in [0.717, 1.165) is 22.8 Å². The number of rotatable bonds is 2. The predicted octanol–water partition coefficient (Wildman–Crippen LogP) is 4.33. The van der Waals surface area contributed by atoms with Gasteiger partial charge >= 0.3 is 6.03 Å². The molecule has 4 nitrogen and oxygen atoms in total. The molecule has 3 aromatic rings. The van der Waals surface area contributed by atoms with Gasteiger partial charge in [0.2, 0.25) is 0 Å². The van der Waals surface area contributed by atoms with Crippen LogP contribution < -0.4 is 5.32 Å². The summed E-state index contributed by atoms with van der Waals surface area (Å²) in [6.07, 6.45) is 2.01. The molecule has 1 aromatic carbocycles. The van der Waals surface area contributed by atoms with Crippen molar-refractivity contribution >= 4 is 22.4 Å². The third-order valence-corrected chi connectivity index (χ3v) is 5.02. The predicted molar refractivity (Wildman–Crippen MR) is 92.7 cm³/mol. The molecule has 1 aliphatic heterocycles. The Bertz CT molecular complexity index is 842. The van der Waals surface area contributed by atoms with E-state index in [-0.39, 0.29) is 17.9 Å². The Morgan fingerprint density at radius 2 is 1.96 bits per heavy atom. The van der Waals surface area contributed by atoms with Crippen molar-refractivity contribution in [2.24, 2.45) is 0 Å². The number of urea groups is 1.